The molecule has 1 aromatic rings. The van der Waals surface area contributed by atoms with E-state index in [-0.39, 0.29) is 5.41 Å². The van der Waals surface area contributed by atoms with Gasteiger partial charge in [0.05, 0.1) is 11.5 Å². The second-order valence-corrected chi connectivity index (χ2v) is 7.04. The Morgan fingerprint density at radius 2 is 1.61 bits per heavy atom. The van der Waals surface area contributed by atoms with Crippen molar-refractivity contribution in [1.29, 1.82) is 5.26 Å². The third kappa shape index (κ3) is 2.17. The molecule has 0 aliphatic heterocycles. The van der Waals surface area contributed by atoms with E-state index in [4.69, 9.17) is 0 Å². The van der Waals surface area contributed by atoms with Crippen LogP contribution in [0.2, 0.25) is 0 Å². The maximum Gasteiger partial charge on any atom is 0.0828 e. The fourth-order valence-corrected chi connectivity index (χ4v) is 3.04. The SMILES string of the molecule is Cc1cc(C)cc(C2(C#N)CC(C(C)(C)C)C2)c1. The van der Waals surface area contributed by atoms with E-state index in [1.807, 2.05) is 0 Å². The largest absolute Gasteiger partial charge is 0.197 e. The van der Waals surface area contributed by atoms with Crippen molar-refractivity contribution in [3.63, 3.8) is 0 Å². The average Bonchev–Trinajstić information content (AvgIpc) is 2.12. The summed E-state index contributed by atoms with van der Waals surface area (Å²) in [6.07, 6.45) is 2.02. The average molecular weight is 241 g/mol. The lowest BCUT2D eigenvalue weighted by Crippen LogP contribution is -2.45. The van der Waals surface area contributed by atoms with Gasteiger partial charge in [-0.1, -0.05) is 50.1 Å². The van der Waals surface area contributed by atoms with Gasteiger partial charge >= 0.3 is 0 Å². The molecule has 2 rings (SSSR count). The van der Waals surface area contributed by atoms with Crippen LogP contribution in [0.3, 0.4) is 0 Å². The predicted molar refractivity (Wildman–Crippen MR) is 75.4 cm³/mol. The van der Waals surface area contributed by atoms with E-state index in [9.17, 15) is 5.26 Å². The molecule has 0 N–H and O–H groups in total. The molecule has 1 heteroatoms. The van der Waals surface area contributed by atoms with Gasteiger partial charge in [-0.15, -0.1) is 0 Å². The summed E-state index contributed by atoms with van der Waals surface area (Å²) < 4.78 is 0. The quantitative estimate of drug-likeness (QED) is 0.709. The number of hydrogen-bond donors (Lipinski definition) is 0. The van der Waals surface area contributed by atoms with Gasteiger partial charge in [-0.25, -0.2) is 0 Å². The fraction of sp³-hybridized carbons (Fsp3) is 0.588. The molecule has 0 heterocycles. The van der Waals surface area contributed by atoms with Crippen molar-refractivity contribution in [2.75, 3.05) is 0 Å². The zero-order valence-electron chi connectivity index (χ0n) is 12.2. The van der Waals surface area contributed by atoms with Crippen molar-refractivity contribution in [3.8, 4) is 6.07 Å². The fourth-order valence-electron chi connectivity index (χ4n) is 3.04. The van der Waals surface area contributed by atoms with Crippen molar-refractivity contribution in [3.05, 3.63) is 34.9 Å². The van der Waals surface area contributed by atoms with Gasteiger partial charge in [0.25, 0.3) is 0 Å². The highest BCUT2D eigenvalue weighted by atomic mass is 14.5. The van der Waals surface area contributed by atoms with Crippen LogP contribution in [-0.4, -0.2) is 0 Å². The number of hydrogen-bond acceptors (Lipinski definition) is 1. The van der Waals surface area contributed by atoms with Gasteiger partial charge in [0.15, 0.2) is 0 Å². The molecule has 0 saturated heterocycles. The van der Waals surface area contributed by atoms with E-state index in [1.54, 1.807) is 0 Å². The Bertz CT molecular complexity index is 473. The zero-order chi connectivity index (χ0) is 13.6. The van der Waals surface area contributed by atoms with E-state index in [1.165, 1.54) is 16.7 Å². The predicted octanol–water partition coefficient (Wildman–Crippen LogP) is 4.52. The van der Waals surface area contributed by atoms with E-state index < -0.39 is 0 Å². The summed E-state index contributed by atoms with van der Waals surface area (Å²) in [7, 11) is 0. The van der Waals surface area contributed by atoms with Crippen LogP contribution in [0.25, 0.3) is 0 Å². The number of nitriles is 1. The first-order chi connectivity index (χ1) is 8.27. The number of aryl methyl sites for hydroxylation is 2. The van der Waals surface area contributed by atoms with Gasteiger partial charge in [0.1, 0.15) is 0 Å². The van der Waals surface area contributed by atoms with Crippen LogP contribution in [0.5, 0.6) is 0 Å². The van der Waals surface area contributed by atoms with Gasteiger partial charge in [0.2, 0.25) is 0 Å². The lowest BCUT2D eigenvalue weighted by Gasteiger charge is -2.49. The van der Waals surface area contributed by atoms with Gasteiger partial charge in [-0.3, -0.25) is 0 Å². The minimum absolute atomic E-state index is 0.227. The maximum absolute atomic E-state index is 9.61. The molecular weight excluding hydrogens is 218 g/mol. The first-order valence-corrected chi connectivity index (χ1v) is 6.77. The maximum atomic E-state index is 9.61. The van der Waals surface area contributed by atoms with Crippen LogP contribution in [0, 0.1) is 36.5 Å². The van der Waals surface area contributed by atoms with Crippen LogP contribution in [0.4, 0.5) is 0 Å². The summed E-state index contributed by atoms with van der Waals surface area (Å²) in [4.78, 5) is 0. The van der Waals surface area contributed by atoms with Gasteiger partial charge in [-0.05, 0) is 43.6 Å². The molecule has 1 aromatic carbocycles. The molecule has 1 aliphatic rings. The Labute approximate surface area is 111 Å². The molecule has 1 fully saturated rings. The van der Waals surface area contributed by atoms with Crippen LogP contribution in [-0.2, 0) is 5.41 Å². The summed E-state index contributed by atoms with van der Waals surface area (Å²) in [6.45, 7) is 11.1. The van der Waals surface area contributed by atoms with E-state index in [0.717, 1.165) is 12.8 Å². The number of nitrogens with zero attached hydrogens (tertiary/aromatic N) is 1. The van der Waals surface area contributed by atoms with Crippen LogP contribution in [0.15, 0.2) is 18.2 Å². The molecule has 0 unspecified atom stereocenters. The minimum atomic E-state index is -0.227. The Hall–Kier alpha value is -1.29. The molecule has 0 bridgehead atoms. The molecular formula is C17H23N. The second kappa shape index (κ2) is 4.12. The minimum Gasteiger partial charge on any atom is -0.197 e. The van der Waals surface area contributed by atoms with Crippen molar-refractivity contribution in [2.24, 2.45) is 11.3 Å². The molecule has 96 valence electrons. The summed E-state index contributed by atoms with van der Waals surface area (Å²) >= 11 is 0. The van der Waals surface area contributed by atoms with E-state index >= 15 is 0 Å². The smallest absolute Gasteiger partial charge is 0.0828 e. The molecule has 1 saturated carbocycles. The molecule has 18 heavy (non-hydrogen) atoms. The molecule has 0 spiro atoms. The third-order valence-corrected chi connectivity index (χ3v) is 4.40. The number of rotatable bonds is 1. The third-order valence-electron chi connectivity index (χ3n) is 4.40. The van der Waals surface area contributed by atoms with Crippen LogP contribution < -0.4 is 0 Å². The van der Waals surface area contributed by atoms with Crippen LogP contribution >= 0.6 is 0 Å². The standard InChI is InChI=1S/C17H23N/c1-12-6-13(2)8-14(7-12)17(11-18)9-15(10-17)16(3,4)5/h6-8,15H,9-10H2,1-5H3. The van der Waals surface area contributed by atoms with Crippen LogP contribution in [0.1, 0.15) is 50.3 Å². The molecule has 0 atom stereocenters. The summed E-state index contributed by atoms with van der Waals surface area (Å²) in [5.74, 6) is 0.665. The van der Waals surface area contributed by atoms with Crippen molar-refractivity contribution in [2.45, 2.75) is 52.9 Å². The molecule has 0 aromatic heterocycles. The Kier molecular flexibility index (Phi) is 3.01. The second-order valence-electron chi connectivity index (χ2n) is 7.04. The highest BCUT2D eigenvalue weighted by Gasteiger charge is 2.50. The highest BCUT2D eigenvalue weighted by Crippen LogP contribution is 2.54. The summed E-state index contributed by atoms with van der Waals surface area (Å²) in [5.41, 5.74) is 3.84. The summed E-state index contributed by atoms with van der Waals surface area (Å²) in [5, 5.41) is 9.61. The zero-order valence-corrected chi connectivity index (χ0v) is 12.2. The monoisotopic (exact) mass is 241 g/mol. The lowest BCUT2D eigenvalue weighted by atomic mass is 9.53. The molecule has 0 radical (unpaired) electrons. The van der Waals surface area contributed by atoms with Gasteiger partial charge < -0.3 is 0 Å². The normalized spacial score (nSPS) is 27.4. The molecule has 1 aliphatic carbocycles. The van der Waals surface area contributed by atoms with Crippen molar-refractivity contribution in [1.82, 2.24) is 0 Å². The first kappa shape index (κ1) is 13.1. The van der Waals surface area contributed by atoms with Crippen molar-refractivity contribution >= 4 is 0 Å². The topological polar surface area (TPSA) is 23.8 Å². The molecule has 1 nitrogen and oxygen atoms in total. The Morgan fingerprint density at radius 3 is 2.00 bits per heavy atom. The van der Waals surface area contributed by atoms with Gasteiger partial charge in [0, 0.05) is 0 Å². The van der Waals surface area contributed by atoms with E-state index in [0.29, 0.717) is 11.3 Å². The number of benzene rings is 1. The Morgan fingerprint density at radius 1 is 1.11 bits per heavy atom. The van der Waals surface area contributed by atoms with E-state index in [2.05, 4.69) is 58.9 Å². The molecule has 0 amide bonds. The first-order valence-electron chi connectivity index (χ1n) is 6.77. The lowest BCUT2D eigenvalue weighted by molar-refractivity contribution is 0.0782. The highest BCUT2D eigenvalue weighted by molar-refractivity contribution is 5.41. The summed E-state index contributed by atoms with van der Waals surface area (Å²) in [6, 6.07) is 9.14. The Balaban J connectivity index is 2.30. The van der Waals surface area contributed by atoms with Gasteiger partial charge in [-0.2, -0.15) is 5.26 Å². The van der Waals surface area contributed by atoms with Crippen molar-refractivity contribution < 1.29 is 0 Å².